The van der Waals surface area contributed by atoms with E-state index in [1.807, 2.05) is 36.6 Å². The zero-order chi connectivity index (χ0) is 22.8. The van der Waals surface area contributed by atoms with Gasteiger partial charge in [-0.1, -0.05) is 0 Å². The Morgan fingerprint density at radius 1 is 0.812 bits per heavy atom. The molecule has 2 heterocycles. The third kappa shape index (κ3) is 4.12. The molecule has 0 aliphatic heterocycles. The van der Waals surface area contributed by atoms with E-state index < -0.39 is 0 Å². The topological polar surface area (TPSA) is 51.3 Å². The van der Waals surface area contributed by atoms with Crippen LogP contribution in [0.25, 0.3) is 11.4 Å². The van der Waals surface area contributed by atoms with Gasteiger partial charge >= 0.3 is 0 Å². The lowest BCUT2D eigenvalue weighted by Crippen LogP contribution is -2.17. The molecule has 0 aliphatic rings. The first-order chi connectivity index (χ1) is 15.3. The monoisotopic (exact) mass is 428 g/mol. The summed E-state index contributed by atoms with van der Waals surface area (Å²) < 4.78 is 17.4. The van der Waals surface area contributed by atoms with Gasteiger partial charge in [-0.25, -0.2) is 9.82 Å². The van der Waals surface area contributed by atoms with Crippen LogP contribution in [-0.4, -0.2) is 21.3 Å². The summed E-state index contributed by atoms with van der Waals surface area (Å²) in [5, 5.41) is 4.14. The molecular weight excluding hydrogens is 403 g/mol. The van der Waals surface area contributed by atoms with Crippen LogP contribution in [0.3, 0.4) is 0 Å². The molecule has 0 spiro atoms. The van der Waals surface area contributed by atoms with Crippen molar-refractivity contribution in [2.75, 3.05) is 0 Å². The van der Waals surface area contributed by atoms with Crippen molar-refractivity contribution in [2.45, 2.75) is 27.7 Å². The molecule has 6 heteroatoms. The van der Waals surface area contributed by atoms with Gasteiger partial charge < -0.3 is 9.13 Å². The van der Waals surface area contributed by atoms with Gasteiger partial charge in [-0.05, 0) is 94.4 Å². The highest BCUT2D eigenvalue weighted by atomic mass is 19.1. The minimum Gasteiger partial charge on any atom is -0.319 e. The van der Waals surface area contributed by atoms with E-state index in [4.69, 9.17) is 0 Å². The maximum absolute atomic E-state index is 13.2. The lowest BCUT2D eigenvalue weighted by atomic mass is 10.2. The van der Waals surface area contributed by atoms with Gasteiger partial charge in [0.25, 0.3) is 5.91 Å². The van der Waals surface area contributed by atoms with Crippen LogP contribution in [0.5, 0.6) is 0 Å². The molecule has 1 N–H and O–H groups in total. The standard InChI is InChI=1S/C26H25FN4O/c1-17-5-6-18(2)30(17)24-11-7-21(8-12-24)26(32)29-28-16-22-15-19(3)31(20(22)4)25-13-9-23(27)10-14-25/h5-16H,1-4H3,(H,29,32)/b28-16-. The number of aromatic nitrogens is 2. The molecule has 0 radical (unpaired) electrons. The van der Waals surface area contributed by atoms with Crippen molar-refractivity contribution in [1.82, 2.24) is 14.6 Å². The van der Waals surface area contributed by atoms with E-state index in [0.29, 0.717) is 5.56 Å². The molecule has 0 fully saturated rings. The highest BCUT2D eigenvalue weighted by Crippen LogP contribution is 2.20. The average molecular weight is 429 g/mol. The summed E-state index contributed by atoms with van der Waals surface area (Å²) in [6.07, 6.45) is 1.63. The number of hydrogen-bond acceptors (Lipinski definition) is 2. The lowest BCUT2D eigenvalue weighted by molar-refractivity contribution is 0.0955. The number of nitrogens with zero attached hydrogens (tertiary/aromatic N) is 3. The fourth-order valence-electron chi connectivity index (χ4n) is 3.97. The van der Waals surface area contributed by atoms with Crippen LogP contribution >= 0.6 is 0 Å². The number of nitrogens with one attached hydrogen (secondary N) is 1. The number of benzene rings is 2. The minimum atomic E-state index is -0.277. The maximum Gasteiger partial charge on any atom is 0.271 e. The van der Waals surface area contributed by atoms with E-state index in [1.165, 1.54) is 12.1 Å². The molecule has 162 valence electrons. The van der Waals surface area contributed by atoms with Crippen LogP contribution in [0.4, 0.5) is 4.39 Å². The van der Waals surface area contributed by atoms with Crippen LogP contribution in [0, 0.1) is 33.5 Å². The largest absolute Gasteiger partial charge is 0.319 e. The molecule has 4 aromatic rings. The van der Waals surface area contributed by atoms with Gasteiger partial charge in [0.05, 0.1) is 6.21 Å². The number of hydrogen-bond donors (Lipinski definition) is 1. The Kier molecular flexibility index (Phi) is 5.77. The van der Waals surface area contributed by atoms with Crippen LogP contribution < -0.4 is 5.43 Å². The minimum absolute atomic E-state index is 0.271. The van der Waals surface area contributed by atoms with Gasteiger partial charge in [-0.15, -0.1) is 0 Å². The molecule has 0 saturated heterocycles. The van der Waals surface area contributed by atoms with E-state index in [-0.39, 0.29) is 11.7 Å². The molecule has 0 bridgehead atoms. The molecule has 2 aromatic carbocycles. The smallest absolute Gasteiger partial charge is 0.271 e. The van der Waals surface area contributed by atoms with Gasteiger partial charge in [0.1, 0.15) is 5.82 Å². The number of amides is 1. The van der Waals surface area contributed by atoms with E-state index >= 15 is 0 Å². The van der Waals surface area contributed by atoms with Crippen molar-refractivity contribution < 1.29 is 9.18 Å². The Morgan fingerprint density at radius 3 is 2.00 bits per heavy atom. The summed E-state index contributed by atoms with van der Waals surface area (Å²) in [5.74, 6) is -0.548. The number of aryl methyl sites for hydroxylation is 3. The van der Waals surface area contributed by atoms with Gasteiger partial charge in [-0.2, -0.15) is 5.10 Å². The molecule has 1 amide bonds. The van der Waals surface area contributed by atoms with E-state index in [2.05, 4.69) is 41.1 Å². The molecular formula is C26H25FN4O. The molecule has 2 aromatic heterocycles. The first-order valence-corrected chi connectivity index (χ1v) is 10.4. The zero-order valence-corrected chi connectivity index (χ0v) is 18.6. The second-order valence-corrected chi connectivity index (χ2v) is 7.84. The first-order valence-electron chi connectivity index (χ1n) is 10.4. The highest BCUT2D eigenvalue weighted by molar-refractivity contribution is 5.95. The van der Waals surface area contributed by atoms with Crippen molar-refractivity contribution in [1.29, 1.82) is 0 Å². The second-order valence-electron chi connectivity index (χ2n) is 7.84. The molecule has 0 atom stereocenters. The van der Waals surface area contributed by atoms with Crippen LogP contribution in [0.15, 0.2) is 71.8 Å². The summed E-state index contributed by atoms with van der Waals surface area (Å²) >= 11 is 0. The van der Waals surface area contributed by atoms with Gasteiger partial charge in [0.15, 0.2) is 0 Å². The van der Waals surface area contributed by atoms with Gasteiger partial charge in [-0.3, -0.25) is 4.79 Å². The van der Waals surface area contributed by atoms with E-state index in [9.17, 15) is 9.18 Å². The first kappa shape index (κ1) is 21.3. The summed E-state index contributed by atoms with van der Waals surface area (Å²) in [6.45, 7) is 8.04. The van der Waals surface area contributed by atoms with Crippen molar-refractivity contribution >= 4 is 12.1 Å². The quantitative estimate of drug-likeness (QED) is 0.336. The van der Waals surface area contributed by atoms with Crippen molar-refractivity contribution in [3.63, 3.8) is 0 Å². The molecule has 0 unspecified atom stereocenters. The predicted molar refractivity (Wildman–Crippen MR) is 126 cm³/mol. The zero-order valence-electron chi connectivity index (χ0n) is 18.6. The van der Waals surface area contributed by atoms with E-state index in [0.717, 1.165) is 39.7 Å². The molecule has 0 saturated carbocycles. The van der Waals surface area contributed by atoms with Gasteiger partial charge in [0, 0.05) is 45.3 Å². The maximum atomic E-state index is 13.2. The Morgan fingerprint density at radius 2 is 1.38 bits per heavy atom. The summed E-state index contributed by atoms with van der Waals surface area (Å²) in [6, 6.07) is 19.9. The summed E-state index contributed by atoms with van der Waals surface area (Å²) in [5.41, 5.74) is 10.1. The molecule has 5 nitrogen and oxygen atoms in total. The molecule has 0 aliphatic carbocycles. The molecule has 32 heavy (non-hydrogen) atoms. The number of carbonyl (C=O) groups excluding carboxylic acids is 1. The average Bonchev–Trinajstić information content (AvgIpc) is 3.26. The SMILES string of the molecule is Cc1ccc(C)n1-c1ccc(C(=O)N/N=C\c2cc(C)n(-c3ccc(F)cc3)c2C)cc1. The Balaban J connectivity index is 1.47. The lowest BCUT2D eigenvalue weighted by Gasteiger charge is -2.10. The van der Waals surface area contributed by atoms with Crippen LogP contribution in [0.2, 0.25) is 0 Å². The van der Waals surface area contributed by atoms with Gasteiger partial charge in [0.2, 0.25) is 0 Å². The Labute approximate surface area is 186 Å². The molecule has 4 rings (SSSR count). The number of hydrazone groups is 1. The van der Waals surface area contributed by atoms with Crippen molar-refractivity contribution in [3.05, 3.63) is 106 Å². The Hall–Kier alpha value is -3.93. The second kappa shape index (κ2) is 8.67. The third-order valence-corrected chi connectivity index (χ3v) is 5.58. The number of halogens is 1. The summed E-state index contributed by atoms with van der Waals surface area (Å²) in [4.78, 5) is 12.5. The van der Waals surface area contributed by atoms with E-state index in [1.54, 1.807) is 30.5 Å². The van der Waals surface area contributed by atoms with Crippen molar-refractivity contribution in [2.24, 2.45) is 5.10 Å². The van der Waals surface area contributed by atoms with Crippen LogP contribution in [0.1, 0.15) is 38.7 Å². The number of carbonyl (C=O) groups is 1. The predicted octanol–water partition coefficient (Wildman–Crippen LogP) is 5.40. The van der Waals surface area contributed by atoms with Crippen LogP contribution in [-0.2, 0) is 0 Å². The third-order valence-electron chi connectivity index (χ3n) is 5.58. The highest BCUT2D eigenvalue weighted by Gasteiger charge is 2.10. The fourth-order valence-corrected chi connectivity index (χ4v) is 3.97. The fraction of sp³-hybridized carbons (Fsp3) is 0.154. The number of rotatable bonds is 5. The normalized spacial score (nSPS) is 11.3. The summed E-state index contributed by atoms with van der Waals surface area (Å²) in [7, 11) is 0. The van der Waals surface area contributed by atoms with Crippen molar-refractivity contribution in [3.8, 4) is 11.4 Å². The Bertz CT molecular complexity index is 1280.